The van der Waals surface area contributed by atoms with Crippen LogP contribution in [0.5, 0.6) is 11.5 Å². The number of carbonyl (C=O) groups excluding carboxylic acids is 1. The Morgan fingerprint density at radius 2 is 1.96 bits per heavy atom. The van der Waals surface area contributed by atoms with Gasteiger partial charge in [-0.15, -0.1) is 0 Å². The predicted molar refractivity (Wildman–Crippen MR) is 87.5 cm³/mol. The van der Waals surface area contributed by atoms with Gasteiger partial charge in [0.1, 0.15) is 0 Å². The third-order valence-corrected chi connectivity index (χ3v) is 5.26. The fourth-order valence-electron chi connectivity index (χ4n) is 2.61. The van der Waals surface area contributed by atoms with Crippen molar-refractivity contribution in [2.24, 2.45) is 0 Å². The van der Waals surface area contributed by atoms with E-state index in [1.807, 2.05) is 0 Å². The van der Waals surface area contributed by atoms with Gasteiger partial charge in [-0.3, -0.25) is 4.79 Å². The highest BCUT2D eigenvalue weighted by Crippen LogP contribution is 2.33. The molecule has 0 aliphatic carbocycles. The van der Waals surface area contributed by atoms with Crippen molar-refractivity contribution in [3.05, 3.63) is 18.2 Å². The number of anilines is 1. The van der Waals surface area contributed by atoms with E-state index < -0.39 is 16.1 Å². The lowest BCUT2D eigenvalue weighted by Crippen LogP contribution is -2.38. The highest BCUT2D eigenvalue weighted by molar-refractivity contribution is 7.89. The van der Waals surface area contributed by atoms with Crippen LogP contribution < -0.4 is 19.1 Å². The van der Waals surface area contributed by atoms with E-state index in [-0.39, 0.29) is 18.1 Å². The van der Waals surface area contributed by atoms with E-state index in [4.69, 9.17) is 9.47 Å². The van der Waals surface area contributed by atoms with Gasteiger partial charge < -0.3 is 14.4 Å². The number of nitrogens with zero attached hydrogens (tertiary/aromatic N) is 1. The summed E-state index contributed by atoms with van der Waals surface area (Å²) in [5, 5.41) is 0. The smallest absolute Gasteiger partial charge is 0.228 e. The Labute approximate surface area is 136 Å². The Bertz CT molecular complexity index is 674. The summed E-state index contributed by atoms with van der Waals surface area (Å²) in [5.41, 5.74) is 0.657. The summed E-state index contributed by atoms with van der Waals surface area (Å²) >= 11 is 0. The lowest BCUT2D eigenvalue weighted by Gasteiger charge is -2.19. The molecule has 0 saturated carbocycles. The van der Waals surface area contributed by atoms with Crippen LogP contribution in [0.1, 0.15) is 19.8 Å². The van der Waals surface area contributed by atoms with E-state index in [0.717, 1.165) is 0 Å². The minimum Gasteiger partial charge on any atom is -0.493 e. The van der Waals surface area contributed by atoms with Crippen LogP contribution in [0.25, 0.3) is 0 Å². The van der Waals surface area contributed by atoms with Crippen molar-refractivity contribution in [3.8, 4) is 11.5 Å². The number of benzene rings is 1. The summed E-state index contributed by atoms with van der Waals surface area (Å²) in [6.45, 7) is 2.10. The molecule has 1 heterocycles. The van der Waals surface area contributed by atoms with Crippen molar-refractivity contribution >= 4 is 21.6 Å². The van der Waals surface area contributed by atoms with Crippen LogP contribution in [0, 0.1) is 0 Å². The molecule has 1 aromatic carbocycles. The van der Waals surface area contributed by atoms with Crippen molar-refractivity contribution in [2.75, 3.05) is 31.4 Å². The third kappa shape index (κ3) is 4.14. The Morgan fingerprint density at radius 3 is 2.57 bits per heavy atom. The molecule has 1 aromatic rings. The van der Waals surface area contributed by atoms with E-state index in [2.05, 4.69) is 4.72 Å². The Kier molecular flexibility index (Phi) is 5.48. The molecule has 0 unspecified atom stereocenters. The van der Waals surface area contributed by atoms with E-state index in [0.29, 0.717) is 30.2 Å². The standard InChI is InChI=1S/C15H22N2O5S/c1-4-7-23(19,20)16-11-8-15(18)17(10-11)12-5-6-13(21-2)14(9-12)22-3/h5-6,9,11,16H,4,7-8,10H2,1-3H3/t11-/m1/s1. The van der Waals surface area contributed by atoms with E-state index in [1.54, 1.807) is 30.0 Å². The number of hydrogen-bond donors (Lipinski definition) is 1. The number of carbonyl (C=O) groups is 1. The largest absolute Gasteiger partial charge is 0.493 e. The molecule has 128 valence electrons. The zero-order valence-corrected chi connectivity index (χ0v) is 14.4. The molecule has 1 amide bonds. The fraction of sp³-hybridized carbons (Fsp3) is 0.533. The molecule has 7 nitrogen and oxygen atoms in total. The minimum absolute atomic E-state index is 0.0635. The molecule has 1 saturated heterocycles. The maximum atomic E-state index is 12.2. The van der Waals surface area contributed by atoms with Gasteiger partial charge in [0, 0.05) is 30.8 Å². The van der Waals surface area contributed by atoms with Gasteiger partial charge in [-0.2, -0.15) is 0 Å². The van der Waals surface area contributed by atoms with Crippen LogP contribution in [0.2, 0.25) is 0 Å². The molecule has 23 heavy (non-hydrogen) atoms. The lowest BCUT2D eigenvalue weighted by molar-refractivity contribution is -0.117. The van der Waals surface area contributed by atoms with Crippen LogP contribution in [-0.4, -0.2) is 46.9 Å². The molecule has 1 fully saturated rings. The molecular formula is C15H22N2O5S. The van der Waals surface area contributed by atoms with Crippen LogP contribution in [0.4, 0.5) is 5.69 Å². The number of hydrogen-bond acceptors (Lipinski definition) is 5. The van der Waals surface area contributed by atoms with Gasteiger partial charge in [0.25, 0.3) is 0 Å². The van der Waals surface area contributed by atoms with Crippen LogP contribution in [-0.2, 0) is 14.8 Å². The number of nitrogens with one attached hydrogen (secondary N) is 1. The topological polar surface area (TPSA) is 84.9 Å². The quantitative estimate of drug-likeness (QED) is 0.803. The SMILES string of the molecule is CCCS(=O)(=O)N[C@@H]1CC(=O)N(c2ccc(OC)c(OC)c2)C1. The summed E-state index contributed by atoms with van der Waals surface area (Å²) in [4.78, 5) is 13.8. The summed E-state index contributed by atoms with van der Waals surface area (Å²) in [6.07, 6.45) is 0.687. The molecule has 1 atom stereocenters. The number of sulfonamides is 1. The number of amides is 1. The third-order valence-electron chi connectivity index (χ3n) is 3.62. The average Bonchev–Trinajstić information content (AvgIpc) is 2.86. The number of methoxy groups -OCH3 is 2. The molecule has 1 aliphatic rings. The Morgan fingerprint density at radius 1 is 1.26 bits per heavy atom. The molecule has 0 bridgehead atoms. The molecule has 0 aromatic heterocycles. The maximum absolute atomic E-state index is 12.2. The van der Waals surface area contributed by atoms with E-state index in [9.17, 15) is 13.2 Å². The second kappa shape index (κ2) is 7.18. The lowest BCUT2D eigenvalue weighted by atomic mass is 10.2. The zero-order chi connectivity index (χ0) is 17.0. The first-order valence-electron chi connectivity index (χ1n) is 7.42. The fourth-order valence-corrected chi connectivity index (χ4v) is 3.93. The first kappa shape index (κ1) is 17.6. The molecule has 0 radical (unpaired) electrons. The highest BCUT2D eigenvalue weighted by atomic mass is 32.2. The summed E-state index contributed by atoms with van der Waals surface area (Å²) in [7, 11) is -0.279. The van der Waals surface area contributed by atoms with Crippen molar-refractivity contribution < 1.29 is 22.7 Å². The Balaban J connectivity index is 2.14. The average molecular weight is 342 g/mol. The van der Waals surface area contributed by atoms with Gasteiger partial charge in [-0.1, -0.05) is 6.92 Å². The molecule has 1 aliphatic heterocycles. The normalized spacial score (nSPS) is 18.3. The van der Waals surface area contributed by atoms with Crippen LogP contribution in [0.3, 0.4) is 0 Å². The molecule has 2 rings (SSSR count). The first-order valence-corrected chi connectivity index (χ1v) is 9.07. The minimum atomic E-state index is -3.34. The summed E-state index contributed by atoms with van der Waals surface area (Å²) < 4.78 is 36.7. The molecule has 1 N–H and O–H groups in total. The summed E-state index contributed by atoms with van der Waals surface area (Å²) in [6, 6.07) is 4.77. The number of rotatable bonds is 7. The van der Waals surface area contributed by atoms with Crippen molar-refractivity contribution in [3.63, 3.8) is 0 Å². The van der Waals surface area contributed by atoms with Gasteiger partial charge in [-0.25, -0.2) is 13.1 Å². The van der Waals surface area contributed by atoms with Crippen LogP contribution in [0.15, 0.2) is 18.2 Å². The van der Waals surface area contributed by atoms with Crippen molar-refractivity contribution in [1.29, 1.82) is 0 Å². The Hall–Kier alpha value is -1.80. The molecular weight excluding hydrogens is 320 g/mol. The van der Waals surface area contributed by atoms with Crippen molar-refractivity contribution in [1.82, 2.24) is 4.72 Å². The maximum Gasteiger partial charge on any atom is 0.228 e. The second-order valence-electron chi connectivity index (χ2n) is 5.38. The molecule has 0 spiro atoms. The monoisotopic (exact) mass is 342 g/mol. The molecule has 8 heteroatoms. The predicted octanol–water partition coefficient (Wildman–Crippen LogP) is 1.14. The first-order chi connectivity index (χ1) is 10.9. The van der Waals surface area contributed by atoms with Gasteiger partial charge in [-0.05, 0) is 18.6 Å². The second-order valence-corrected chi connectivity index (χ2v) is 7.25. The van der Waals surface area contributed by atoms with Crippen molar-refractivity contribution in [2.45, 2.75) is 25.8 Å². The highest BCUT2D eigenvalue weighted by Gasteiger charge is 2.33. The van der Waals surface area contributed by atoms with Gasteiger partial charge in [0.15, 0.2) is 11.5 Å². The van der Waals surface area contributed by atoms with Gasteiger partial charge in [0.2, 0.25) is 15.9 Å². The van der Waals surface area contributed by atoms with Crippen LogP contribution >= 0.6 is 0 Å². The van der Waals surface area contributed by atoms with E-state index in [1.165, 1.54) is 14.2 Å². The number of ether oxygens (including phenoxy) is 2. The summed E-state index contributed by atoms with van der Waals surface area (Å²) in [5.74, 6) is 1.03. The van der Waals surface area contributed by atoms with Gasteiger partial charge in [0.05, 0.1) is 20.0 Å². The van der Waals surface area contributed by atoms with Gasteiger partial charge >= 0.3 is 0 Å². The van der Waals surface area contributed by atoms with E-state index >= 15 is 0 Å². The zero-order valence-electron chi connectivity index (χ0n) is 13.5.